The van der Waals surface area contributed by atoms with Crippen LogP contribution in [0.5, 0.6) is 0 Å². The Morgan fingerprint density at radius 1 is 1.30 bits per heavy atom. The molecule has 0 aliphatic carbocycles. The fraction of sp³-hybridized carbons (Fsp3) is 0.692. The van der Waals surface area contributed by atoms with Gasteiger partial charge in [-0.25, -0.2) is 0 Å². The van der Waals surface area contributed by atoms with Gasteiger partial charge in [0.25, 0.3) is 0 Å². The standard InChI is InChI=1S/C13H21ClN4O2/c1-3-11-10(13(14)16(2)15-11)8-17-4-6-18(7-5-17)9-12(19)20/h3-9H2,1-2H3,(H,19,20). The molecule has 7 heteroatoms. The summed E-state index contributed by atoms with van der Waals surface area (Å²) < 4.78 is 1.72. The van der Waals surface area contributed by atoms with Gasteiger partial charge in [0.15, 0.2) is 0 Å². The summed E-state index contributed by atoms with van der Waals surface area (Å²) in [4.78, 5) is 15.0. The Balaban J connectivity index is 1.94. The van der Waals surface area contributed by atoms with Crippen molar-refractivity contribution in [3.63, 3.8) is 0 Å². The third kappa shape index (κ3) is 3.50. The maximum atomic E-state index is 10.7. The van der Waals surface area contributed by atoms with E-state index in [0.717, 1.165) is 50.4 Å². The number of nitrogens with zero attached hydrogens (tertiary/aromatic N) is 4. The first-order valence-electron chi connectivity index (χ1n) is 6.88. The number of aromatic nitrogens is 2. The summed E-state index contributed by atoms with van der Waals surface area (Å²) in [6, 6.07) is 0. The fourth-order valence-corrected chi connectivity index (χ4v) is 2.77. The molecule has 1 N–H and O–H groups in total. The highest BCUT2D eigenvalue weighted by Gasteiger charge is 2.21. The van der Waals surface area contributed by atoms with Crippen LogP contribution in [0.4, 0.5) is 0 Å². The fourth-order valence-electron chi connectivity index (χ4n) is 2.56. The van der Waals surface area contributed by atoms with Crippen LogP contribution in [0.1, 0.15) is 18.2 Å². The first-order chi connectivity index (χ1) is 9.51. The minimum absolute atomic E-state index is 0.127. The molecule has 2 heterocycles. The zero-order chi connectivity index (χ0) is 14.7. The van der Waals surface area contributed by atoms with Crippen molar-refractivity contribution in [2.24, 2.45) is 7.05 Å². The topological polar surface area (TPSA) is 61.6 Å². The summed E-state index contributed by atoms with van der Waals surface area (Å²) in [6.07, 6.45) is 0.870. The Hall–Kier alpha value is -1.11. The molecule has 0 spiro atoms. The normalized spacial score (nSPS) is 17.6. The summed E-state index contributed by atoms with van der Waals surface area (Å²) >= 11 is 6.30. The first kappa shape index (κ1) is 15.3. The number of aliphatic carboxylic acids is 1. The number of hydrogen-bond acceptors (Lipinski definition) is 4. The molecule has 6 nitrogen and oxygen atoms in total. The van der Waals surface area contributed by atoms with Crippen molar-refractivity contribution in [2.75, 3.05) is 32.7 Å². The second-order valence-corrected chi connectivity index (χ2v) is 5.50. The van der Waals surface area contributed by atoms with Gasteiger partial charge in [-0.3, -0.25) is 19.3 Å². The maximum Gasteiger partial charge on any atom is 0.317 e. The van der Waals surface area contributed by atoms with Crippen LogP contribution in [0.25, 0.3) is 0 Å². The molecular weight excluding hydrogens is 280 g/mol. The van der Waals surface area contributed by atoms with Gasteiger partial charge >= 0.3 is 5.97 Å². The molecule has 1 saturated heterocycles. The highest BCUT2D eigenvalue weighted by atomic mass is 35.5. The minimum Gasteiger partial charge on any atom is -0.480 e. The van der Waals surface area contributed by atoms with E-state index in [9.17, 15) is 4.79 Å². The quantitative estimate of drug-likeness (QED) is 0.873. The lowest BCUT2D eigenvalue weighted by molar-refractivity contribution is -0.138. The van der Waals surface area contributed by atoms with E-state index in [1.165, 1.54) is 0 Å². The second kappa shape index (κ2) is 6.56. The zero-order valence-corrected chi connectivity index (χ0v) is 12.7. The highest BCUT2D eigenvalue weighted by molar-refractivity contribution is 6.30. The number of hydrogen-bond donors (Lipinski definition) is 1. The SMILES string of the molecule is CCc1nn(C)c(Cl)c1CN1CCN(CC(=O)O)CC1. The zero-order valence-electron chi connectivity index (χ0n) is 12.0. The number of piperazine rings is 1. The number of aryl methyl sites for hydroxylation is 2. The van der Waals surface area contributed by atoms with Crippen molar-refractivity contribution in [3.05, 3.63) is 16.4 Å². The molecule has 20 heavy (non-hydrogen) atoms. The van der Waals surface area contributed by atoms with E-state index in [1.807, 2.05) is 11.9 Å². The molecule has 1 aromatic heterocycles. The number of carboxylic acids is 1. The van der Waals surface area contributed by atoms with Gasteiger partial charge < -0.3 is 5.11 Å². The highest BCUT2D eigenvalue weighted by Crippen LogP contribution is 2.22. The predicted molar refractivity (Wildman–Crippen MR) is 76.9 cm³/mol. The molecule has 0 unspecified atom stereocenters. The van der Waals surface area contributed by atoms with E-state index in [0.29, 0.717) is 5.15 Å². The van der Waals surface area contributed by atoms with E-state index in [4.69, 9.17) is 16.7 Å². The maximum absolute atomic E-state index is 10.7. The van der Waals surface area contributed by atoms with Crippen LogP contribution < -0.4 is 0 Å². The Labute approximate surface area is 123 Å². The van der Waals surface area contributed by atoms with Crippen LogP contribution in [0.15, 0.2) is 0 Å². The van der Waals surface area contributed by atoms with Gasteiger partial charge in [0.2, 0.25) is 0 Å². The van der Waals surface area contributed by atoms with Crippen molar-refractivity contribution in [2.45, 2.75) is 19.9 Å². The number of carboxylic acid groups (broad SMARTS) is 1. The molecule has 0 atom stereocenters. The second-order valence-electron chi connectivity index (χ2n) is 5.14. The van der Waals surface area contributed by atoms with Crippen LogP contribution in [0.3, 0.4) is 0 Å². The van der Waals surface area contributed by atoms with Crippen molar-refractivity contribution in [3.8, 4) is 0 Å². The first-order valence-corrected chi connectivity index (χ1v) is 7.25. The Bertz CT molecular complexity index is 481. The minimum atomic E-state index is -0.762. The Kier molecular flexibility index (Phi) is 5.01. The monoisotopic (exact) mass is 300 g/mol. The predicted octanol–water partition coefficient (Wildman–Crippen LogP) is 0.838. The molecule has 1 aliphatic rings. The van der Waals surface area contributed by atoms with Crippen LogP contribution in [-0.2, 0) is 24.8 Å². The third-order valence-corrected chi connectivity index (χ3v) is 4.17. The average Bonchev–Trinajstić information content (AvgIpc) is 2.68. The Morgan fingerprint density at radius 3 is 2.45 bits per heavy atom. The molecule has 2 rings (SSSR count). The summed E-state index contributed by atoms with van der Waals surface area (Å²) in [5.74, 6) is -0.762. The largest absolute Gasteiger partial charge is 0.480 e. The number of rotatable bonds is 5. The lowest BCUT2D eigenvalue weighted by Gasteiger charge is -2.33. The van der Waals surface area contributed by atoms with E-state index in [1.54, 1.807) is 4.68 Å². The number of halogens is 1. The molecule has 1 fully saturated rings. The van der Waals surface area contributed by atoms with Gasteiger partial charge in [0, 0.05) is 45.3 Å². The lowest BCUT2D eigenvalue weighted by atomic mass is 10.2. The molecule has 0 aromatic carbocycles. The summed E-state index contributed by atoms with van der Waals surface area (Å²) in [7, 11) is 1.86. The molecule has 112 valence electrons. The van der Waals surface area contributed by atoms with Crippen LogP contribution in [0, 0.1) is 0 Å². The van der Waals surface area contributed by atoms with Crippen molar-refractivity contribution in [1.82, 2.24) is 19.6 Å². The molecule has 0 saturated carbocycles. The van der Waals surface area contributed by atoms with E-state index < -0.39 is 5.97 Å². The van der Waals surface area contributed by atoms with Crippen LogP contribution in [-0.4, -0.2) is 63.4 Å². The van der Waals surface area contributed by atoms with Crippen LogP contribution in [0.2, 0.25) is 5.15 Å². The van der Waals surface area contributed by atoms with Gasteiger partial charge in [-0.05, 0) is 6.42 Å². The van der Waals surface area contributed by atoms with E-state index >= 15 is 0 Å². The molecule has 0 bridgehead atoms. The number of carbonyl (C=O) groups is 1. The molecule has 1 aliphatic heterocycles. The van der Waals surface area contributed by atoms with Crippen molar-refractivity contribution < 1.29 is 9.90 Å². The molecule has 0 amide bonds. The van der Waals surface area contributed by atoms with Crippen molar-refractivity contribution >= 4 is 17.6 Å². The van der Waals surface area contributed by atoms with Crippen LogP contribution >= 0.6 is 11.6 Å². The smallest absolute Gasteiger partial charge is 0.317 e. The van der Waals surface area contributed by atoms with E-state index in [2.05, 4.69) is 16.9 Å². The third-order valence-electron chi connectivity index (χ3n) is 3.69. The summed E-state index contributed by atoms with van der Waals surface area (Å²) in [5.41, 5.74) is 2.15. The van der Waals surface area contributed by atoms with E-state index in [-0.39, 0.29) is 6.54 Å². The Morgan fingerprint density at radius 2 is 1.90 bits per heavy atom. The van der Waals surface area contributed by atoms with Crippen molar-refractivity contribution in [1.29, 1.82) is 0 Å². The van der Waals surface area contributed by atoms with Gasteiger partial charge in [0.05, 0.1) is 12.2 Å². The molecular formula is C13H21ClN4O2. The van der Waals surface area contributed by atoms with Gasteiger partial charge in [-0.2, -0.15) is 5.10 Å². The lowest BCUT2D eigenvalue weighted by Crippen LogP contribution is -2.47. The molecule has 0 radical (unpaired) electrons. The van der Waals surface area contributed by atoms with Gasteiger partial charge in [0.1, 0.15) is 5.15 Å². The summed E-state index contributed by atoms with van der Waals surface area (Å²) in [6.45, 7) is 6.28. The average molecular weight is 301 g/mol. The van der Waals surface area contributed by atoms with Gasteiger partial charge in [-0.1, -0.05) is 18.5 Å². The van der Waals surface area contributed by atoms with Gasteiger partial charge in [-0.15, -0.1) is 0 Å². The molecule has 1 aromatic rings. The summed E-state index contributed by atoms with van der Waals surface area (Å²) in [5, 5.41) is 13.9.